The highest BCUT2D eigenvalue weighted by Gasteiger charge is 2.48. The molecule has 0 radical (unpaired) electrons. The van der Waals surface area contributed by atoms with Crippen LogP contribution in [0.25, 0.3) is 0 Å². The fourth-order valence-corrected chi connectivity index (χ4v) is 4.75. The Morgan fingerprint density at radius 3 is 2.46 bits per heavy atom. The number of halogens is 3. The zero-order valence-electron chi connectivity index (χ0n) is 21.7. The molecule has 0 aromatic heterocycles. The van der Waals surface area contributed by atoms with Crippen molar-refractivity contribution >= 4 is 17.8 Å². The van der Waals surface area contributed by atoms with E-state index in [1.807, 2.05) is 27.7 Å². The molecule has 2 aliphatic heterocycles. The molecule has 3 rings (SSSR count). The smallest absolute Gasteiger partial charge is 0.354 e. The Morgan fingerprint density at radius 2 is 1.86 bits per heavy atom. The Kier molecular flexibility index (Phi) is 8.71. The van der Waals surface area contributed by atoms with Gasteiger partial charge in [0, 0.05) is 13.1 Å². The van der Waals surface area contributed by atoms with E-state index in [4.69, 9.17) is 0 Å². The second-order valence-electron chi connectivity index (χ2n) is 10.3. The van der Waals surface area contributed by atoms with Gasteiger partial charge >= 0.3 is 12.2 Å². The summed E-state index contributed by atoms with van der Waals surface area (Å²) < 4.78 is 41.6. The second-order valence-corrected chi connectivity index (χ2v) is 10.3. The lowest BCUT2D eigenvalue weighted by atomic mass is 9.91. The molecule has 4 amide bonds. The van der Waals surface area contributed by atoms with Crippen molar-refractivity contribution in [2.45, 2.75) is 58.8 Å². The summed E-state index contributed by atoms with van der Waals surface area (Å²) in [5, 5.41) is 5.49. The summed E-state index contributed by atoms with van der Waals surface area (Å²) in [4.78, 5) is 42.8. The number of hydrogen-bond donors (Lipinski definition) is 2. The Hall–Kier alpha value is -3.30. The molecule has 0 saturated carbocycles. The van der Waals surface area contributed by atoms with Crippen molar-refractivity contribution in [1.29, 1.82) is 0 Å². The molecule has 0 bridgehead atoms. The summed E-state index contributed by atoms with van der Waals surface area (Å²) in [7, 11) is 0. The first-order valence-electron chi connectivity index (χ1n) is 12.5. The normalized spacial score (nSPS) is 18.9. The lowest BCUT2D eigenvalue weighted by Crippen LogP contribution is -2.49. The lowest BCUT2D eigenvalue weighted by Gasteiger charge is -2.33. The van der Waals surface area contributed by atoms with Crippen molar-refractivity contribution < 1.29 is 27.6 Å². The number of urea groups is 1. The van der Waals surface area contributed by atoms with Crippen molar-refractivity contribution in [1.82, 2.24) is 20.4 Å². The van der Waals surface area contributed by atoms with Crippen LogP contribution in [0.4, 0.5) is 18.0 Å². The van der Waals surface area contributed by atoms with Gasteiger partial charge in [0.2, 0.25) is 5.91 Å². The molecular weight excluding hydrogens is 485 g/mol. The predicted octanol–water partition coefficient (Wildman–Crippen LogP) is 4.63. The van der Waals surface area contributed by atoms with Gasteiger partial charge in [0.1, 0.15) is 6.04 Å². The molecule has 0 fully saturated rings. The minimum Gasteiger partial charge on any atom is -0.354 e. The zero-order valence-corrected chi connectivity index (χ0v) is 21.7. The third kappa shape index (κ3) is 6.17. The second kappa shape index (κ2) is 11.4. The van der Waals surface area contributed by atoms with E-state index in [-0.39, 0.29) is 36.1 Å². The molecule has 202 valence electrons. The fourth-order valence-electron chi connectivity index (χ4n) is 4.75. The van der Waals surface area contributed by atoms with Crippen molar-refractivity contribution in [3.63, 3.8) is 0 Å². The lowest BCUT2D eigenvalue weighted by molar-refractivity contribution is -0.139. The molecule has 0 aliphatic carbocycles. The number of carbonyl (C=O) groups is 3. The van der Waals surface area contributed by atoms with Gasteiger partial charge in [-0.25, -0.2) is 4.79 Å². The molecule has 2 N–H and O–H groups in total. The quantitative estimate of drug-likeness (QED) is 0.442. The molecule has 37 heavy (non-hydrogen) atoms. The van der Waals surface area contributed by atoms with Gasteiger partial charge in [-0.3, -0.25) is 14.5 Å². The van der Waals surface area contributed by atoms with Gasteiger partial charge in [-0.1, -0.05) is 52.0 Å². The van der Waals surface area contributed by atoms with Crippen LogP contribution >= 0.6 is 0 Å². The van der Waals surface area contributed by atoms with Crippen LogP contribution in [-0.4, -0.2) is 53.3 Å². The van der Waals surface area contributed by atoms with Gasteiger partial charge in [-0.2, -0.15) is 13.2 Å². The van der Waals surface area contributed by atoms with Crippen LogP contribution in [0.2, 0.25) is 0 Å². The number of nitrogens with one attached hydrogen (secondary N) is 2. The molecule has 0 saturated heterocycles. The molecule has 2 aliphatic rings. The number of rotatable bonds is 10. The summed E-state index contributed by atoms with van der Waals surface area (Å²) in [6, 6.07) is 2.14. The zero-order chi connectivity index (χ0) is 27.5. The number of benzene rings is 1. The molecule has 1 aromatic carbocycles. The third-order valence-electron chi connectivity index (χ3n) is 6.53. The molecule has 0 spiro atoms. The summed E-state index contributed by atoms with van der Waals surface area (Å²) in [5.41, 5.74) is -0.812. The molecule has 7 nitrogen and oxygen atoms in total. The summed E-state index contributed by atoms with van der Waals surface area (Å²) in [6.45, 7) is 12.1. The summed E-state index contributed by atoms with van der Waals surface area (Å²) in [6.07, 6.45) is -2.07. The van der Waals surface area contributed by atoms with Gasteiger partial charge in [-0.05, 0) is 36.3 Å². The van der Waals surface area contributed by atoms with E-state index in [1.54, 1.807) is 0 Å². The molecule has 10 heteroatoms. The first-order valence-corrected chi connectivity index (χ1v) is 12.5. The maximum absolute atomic E-state index is 13.9. The van der Waals surface area contributed by atoms with Crippen LogP contribution < -0.4 is 10.6 Å². The van der Waals surface area contributed by atoms with Crippen molar-refractivity contribution in [2.24, 2.45) is 11.8 Å². The molecule has 2 atom stereocenters. The van der Waals surface area contributed by atoms with E-state index in [9.17, 15) is 27.6 Å². The van der Waals surface area contributed by atoms with Gasteiger partial charge in [0.25, 0.3) is 5.91 Å². The Labute approximate surface area is 215 Å². The summed E-state index contributed by atoms with van der Waals surface area (Å²) >= 11 is 0. The Balaban J connectivity index is 2.04. The largest absolute Gasteiger partial charge is 0.416 e. The Morgan fingerprint density at radius 1 is 1.19 bits per heavy atom. The number of nitrogens with zero attached hydrogens (tertiary/aromatic N) is 2. The molecule has 0 unspecified atom stereocenters. The average molecular weight is 521 g/mol. The first-order chi connectivity index (χ1) is 17.4. The first kappa shape index (κ1) is 28.3. The number of alkyl halides is 3. The minimum atomic E-state index is -4.68. The SMILES string of the molecule is C=CCN1C(=O)N[C@H](c2ccccc2C(F)(F)F)C2=C1CN([C@H](CC(C)C)C(=O)NCCC(C)C)C2=O. The van der Waals surface area contributed by atoms with E-state index in [2.05, 4.69) is 17.2 Å². The van der Waals surface area contributed by atoms with Gasteiger partial charge < -0.3 is 15.5 Å². The van der Waals surface area contributed by atoms with Crippen LogP contribution in [0.1, 0.15) is 57.7 Å². The maximum Gasteiger partial charge on any atom is 0.416 e. The van der Waals surface area contributed by atoms with Gasteiger partial charge in [0.05, 0.1) is 29.4 Å². The van der Waals surface area contributed by atoms with E-state index >= 15 is 0 Å². The number of amides is 4. The molecular formula is C27H35F3N4O3. The van der Waals surface area contributed by atoms with Crippen LogP contribution in [0.15, 0.2) is 48.2 Å². The highest BCUT2D eigenvalue weighted by Crippen LogP contribution is 2.42. The van der Waals surface area contributed by atoms with Gasteiger partial charge in [0.15, 0.2) is 0 Å². The minimum absolute atomic E-state index is 0.0434. The topological polar surface area (TPSA) is 81.8 Å². The highest BCUT2D eigenvalue weighted by atomic mass is 19.4. The standard InChI is InChI=1S/C27H35F3N4O3/c1-6-13-33-21-15-34(20(14-17(4)5)24(35)31-12-11-16(2)3)25(36)22(21)23(32-26(33)37)18-9-7-8-10-19(18)27(28,29)30/h6-10,16-17,20,23H,1,11-15H2,2-5H3,(H,31,35)(H,32,37)/t20-,23-/m1/s1. The average Bonchev–Trinajstić information content (AvgIpc) is 3.15. The van der Waals surface area contributed by atoms with E-state index in [0.717, 1.165) is 12.5 Å². The van der Waals surface area contributed by atoms with Gasteiger partial charge in [-0.15, -0.1) is 6.58 Å². The highest BCUT2D eigenvalue weighted by molar-refractivity contribution is 6.03. The van der Waals surface area contributed by atoms with E-state index in [1.165, 1.54) is 34.1 Å². The van der Waals surface area contributed by atoms with Crippen LogP contribution in [0.5, 0.6) is 0 Å². The number of hydrogen-bond acceptors (Lipinski definition) is 3. The van der Waals surface area contributed by atoms with Crippen LogP contribution in [0.3, 0.4) is 0 Å². The molecule has 1 aromatic rings. The van der Waals surface area contributed by atoms with E-state index < -0.39 is 35.8 Å². The van der Waals surface area contributed by atoms with Crippen molar-refractivity contribution in [3.05, 3.63) is 59.3 Å². The van der Waals surface area contributed by atoms with Crippen LogP contribution in [0, 0.1) is 11.8 Å². The predicted molar refractivity (Wildman–Crippen MR) is 134 cm³/mol. The monoisotopic (exact) mass is 520 g/mol. The molecule has 2 heterocycles. The fraction of sp³-hybridized carbons (Fsp3) is 0.519. The van der Waals surface area contributed by atoms with Crippen molar-refractivity contribution in [3.8, 4) is 0 Å². The number of carbonyl (C=O) groups excluding carboxylic acids is 3. The van der Waals surface area contributed by atoms with Crippen molar-refractivity contribution in [2.75, 3.05) is 19.6 Å². The third-order valence-corrected chi connectivity index (χ3v) is 6.53. The van der Waals surface area contributed by atoms with E-state index in [0.29, 0.717) is 24.6 Å². The Bertz CT molecular complexity index is 1080. The summed E-state index contributed by atoms with van der Waals surface area (Å²) in [5.74, 6) is -0.428. The maximum atomic E-state index is 13.9. The van der Waals surface area contributed by atoms with Crippen LogP contribution in [-0.2, 0) is 15.8 Å².